The van der Waals surface area contributed by atoms with Gasteiger partial charge in [-0.05, 0) is 67.4 Å². The van der Waals surface area contributed by atoms with E-state index in [0.29, 0.717) is 46.9 Å². The molecule has 0 aliphatic carbocycles. The molecule has 0 bridgehead atoms. The molecule has 0 fully saturated rings. The molecule has 3 aromatic carbocycles. The number of carbonyl (C=O) groups excluding carboxylic acids is 1. The Bertz CT molecular complexity index is 1430. The first-order valence-electron chi connectivity index (χ1n) is 11.3. The number of rotatable bonds is 5. The molecule has 7 nitrogen and oxygen atoms in total. The molecular formula is C27H25N3O4. The average molecular weight is 456 g/mol. The molecule has 7 heteroatoms. The molecule has 1 aromatic heterocycles. The predicted molar refractivity (Wildman–Crippen MR) is 130 cm³/mol. The molecule has 1 unspecified atom stereocenters. The van der Waals surface area contributed by atoms with Gasteiger partial charge in [-0.15, -0.1) is 0 Å². The maximum atomic E-state index is 13.0. The van der Waals surface area contributed by atoms with Crippen LogP contribution in [0.25, 0.3) is 16.6 Å². The lowest BCUT2D eigenvalue weighted by Gasteiger charge is -2.22. The van der Waals surface area contributed by atoms with Crippen molar-refractivity contribution in [3.8, 4) is 17.2 Å². The molecule has 1 aliphatic heterocycles. The summed E-state index contributed by atoms with van der Waals surface area (Å²) >= 11 is 0. The maximum Gasteiger partial charge on any atom is 0.265 e. The summed E-state index contributed by atoms with van der Waals surface area (Å²) in [6.45, 7) is 4.87. The lowest BCUT2D eigenvalue weighted by molar-refractivity contribution is 0.0935. The minimum Gasteiger partial charge on any atom is -0.486 e. The van der Waals surface area contributed by atoms with Gasteiger partial charge in [0.25, 0.3) is 11.5 Å². The van der Waals surface area contributed by atoms with E-state index in [1.54, 1.807) is 41.8 Å². The number of fused-ring (bicyclic) bond motifs is 2. The van der Waals surface area contributed by atoms with Crippen LogP contribution in [0.2, 0.25) is 0 Å². The van der Waals surface area contributed by atoms with E-state index in [0.717, 1.165) is 17.7 Å². The minimum atomic E-state index is -0.186. The quantitative estimate of drug-likeness (QED) is 0.484. The Morgan fingerprint density at radius 1 is 1.03 bits per heavy atom. The third-order valence-electron chi connectivity index (χ3n) is 6.01. The summed E-state index contributed by atoms with van der Waals surface area (Å²) in [7, 11) is 0. The molecular weight excluding hydrogens is 430 g/mol. The second-order valence-corrected chi connectivity index (χ2v) is 8.20. The van der Waals surface area contributed by atoms with Crippen LogP contribution in [0.5, 0.6) is 11.5 Å². The predicted octanol–water partition coefficient (Wildman–Crippen LogP) is 4.35. The highest BCUT2D eigenvalue weighted by Gasteiger charge is 2.19. The lowest BCUT2D eigenvalue weighted by atomic mass is 10.0. The van der Waals surface area contributed by atoms with Crippen molar-refractivity contribution in [1.29, 1.82) is 0 Å². The number of ether oxygens (including phenoxy) is 2. The second-order valence-electron chi connectivity index (χ2n) is 8.20. The zero-order chi connectivity index (χ0) is 23.7. The fourth-order valence-electron chi connectivity index (χ4n) is 4.25. The molecule has 1 amide bonds. The molecule has 0 saturated heterocycles. The second kappa shape index (κ2) is 9.02. The standard InChI is InChI=1S/C27H25N3O4/c1-3-22(19-10-13-24-25(16-19)34-15-14-33-24)29-26(31)18-8-11-20(12-9-18)30-17(2)28-23-7-5-4-6-21(23)27(30)32/h4-13,16,22H,3,14-15H2,1-2H3,(H,29,31). The first kappa shape index (κ1) is 21.7. The summed E-state index contributed by atoms with van der Waals surface area (Å²) < 4.78 is 12.8. The number of aromatic nitrogens is 2. The summed E-state index contributed by atoms with van der Waals surface area (Å²) in [6, 6.07) is 19.9. The molecule has 5 rings (SSSR count). The van der Waals surface area contributed by atoms with Gasteiger partial charge >= 0.3 is 0 Å². The van der Waals surface area contributed by atoms with Crippen LogP contribution in [-0.4, -0.2) is 28.7 Å². The fourth-order valence-corrected chi connectivity index (χ4v) is 4.25. The third-order valence-corrected chi connectivity index (χ3v) is 6.01. The highest BCUT2D eigenvalue weighted by molar-refractivity contribution is 5.94. The van der Waals surface area contributed by atoms with Crippen molar-refractivity contribution in [2.75, 3.05) is 13.2 Å². The van der Waals surface area contributed by atoms with E-state index < -0.39 is 0 Å². The van der Waals surface area contributed by atoms with Crippen LogP contribution in [0.1, 0.15) is 41.1 Å². The van der Waals surface area contributed by atoms with Gasteiger partial charge in [0.1, 0.15) is 19.0 Å². The van der Waals surface area contributed by atoms with Gasteiger partial charge in [0.15, 0.2) is 11.5 Å². The Labute approximate surface area is 197 Å². The molecule has 172 valence electrons. The maximum absolute atomic E-state index is 13.0. The van der Waals surface area contributed by atoms with Gasteiger partial charge in [0, 0.05) is 5.56 Å². The van der Waals surface area contributed by atoms with Gasteiger partial charge in [0.2, 0.25) is 0 Å². The van der Waals surface area contributed by atoms with Crippen molar-refractivity contribution in [1.82, 2.24) is 14.9 Å². The van der Waals surface area contributed by atoms with Crippen LogP contribution < -0.4 is 20.3 Å². The molecule has 4 aromatic rings. The molecule has 0 radical (unpaired) electrons. The molecule has 34 heavy (non-hydrogen) atoms. The van der Waals surface area contributed by atoms with Crippen molar-refractivity contribution >= 4 is 16.8 Å². The van der Waals surface area contributed by atoms with Crippen LogP contribution in [0.3, 0.4) is 0 Å². The molecule has 0 spiro atoms. The van der Waals surface area contributed by atoms with Gasteiger partial charge in [0.05, 0.1) is 22.6 Å². The number of hydrogen-bond acceptors (Lipinski definition) is 5. The van der Waals surface area contributed by atoms with Gasteiger partial charge in [-0.2, -0.15) is 0 Å². The summed E-state index contributed by atoms with van der Waals surface area (Å²) in [4.78, 5) is 30.6. The minimum absolute atomic E-state index is 0.134. The number of hydrogen-bond donors (Lipinski definition) is 1. The van der Waals surface area contributed by atoms with E-state index in [9.17, 15) is 9.59 Å². The van der Waals surface area contributed by atoms with Gasteiger partial charge in [-0.25, -0.2) is 4.98 Å². The van der Waals surface area contributed by atoms with Crippen LogP contribution >= 0.6 is 0 Å². The highest BCUT2D eigenvalue weighted by Crippen LogP contribution is 2.33. The summed E-state index contributed by atoms with van der Waals surface area (Å²) in [6.07, 6.45) is 0.723. The summed E-state index contributed by atoms with van der Waals surface area (Å²) in [5.41, 5.74) is 2.67. The Morgan fingerprint density at radius 2 is 1.76 bits per heavy atom. The number of para-hydroxylation sites is 1. The summed E-state index contributed by atoms with van der Waals surface area (Å²) in [5.74, 6) is 1.82. The van der Waals surface area contributed by atoms with E-state index in [2.05, 4.69) is 10.3 Å². The Balaban J connectivity index is 1.38. The van der Waals surface area contributed by atoms with Crippen molar-refractivity contribution < 1.29 is 14.3 Å². The van der Waals surface area contributed by atoms with E-state index >= 15 is 0 Å². The largest absolute Gasteiger partial charge is 0.486 e. The number of carbonyl (C=O) groups is 1. The number of amides is 1. The van der Waals surface area contributed by atoms with E-state index in [1.807, 2.05) is 43.3 Å². The molecule has 2 heterocycles. The smallest absolute Gasteiger partial charge is 0.265 e. The Kier molecular flexibility index (Phi) is 5.76. The SMILES string of the molecule is CCC(NC(=O)c1ccc(-n2c(C)nc3ccccc3c2=O)cc1)c1ccc2c(c1)OCCO2. The first-order valence-corrected chi connectivity index (χ1v) is 11.3. The van der Waals surface area contributed by atoms with Gasteiger partial charge < -0.3 is 14.8 Å². The Morgan fingerprint density at radius 3 is 2.53 bits per heavy atom. The van der Waals surface area contributed by atoms with E-state index in [-0.39, 0.29) is 17.5 Å². The topological polar surface area (TPSA) is 82.5 Å². The van der Waals surface area contributed by atoms with Gasteiger partial charge in [-0.3, -0.25) is 14.2 Å². The number of nitrogens with one attached hydrogen (secondary N) is 1. The molecule has 1 aliphatic rings. The third kappa shape index (κ3) is 4.01. The van der Waals surface area contributed by atoms with Crippen LogP contribution in [0.4, 0.5) is 0 Å². The van der Waals surface area contributed by atoms with Crippen LogP contribution in [0.15, 0.2) is 71.5 Å². The summed E-state index contributed by atoms with van der Waals surface area (Å²) in [5, 5.41) is 3.65. The molecule has 1 atom stereocenters. The van der Waals surface area contributed by atoms with E-state index in [4.69, 9.17) is 9.47 Å². The van der Waals surface area contributed by atoms with Crippen molar-refractivity contribution in [2.45, 2.75) is 26.3 Å². The molecule has 1 N–H and O–H groups in total. The molecule has 0 saturated carbocycles. The van der Waals surface area contributed by atoms with Crippen molar-refractivity contribution in [3.63, 3.8) is 0 Å². The van der Waals surface area contributed by atoms with Crippen LogP contribution in [0, 0.1) is 6.92 Å². The zero-order valence-corrected chi connectivity index (χ0v) is 19.1. The number of aryl methyl sites for hydroxylation is 1. The highest BCUT2D eigenvalue weighted by atomic mass is 16.6. The normalized spacial score (nSPS) is 13.5. The average Bonchev–Trinajstić information content (AvgIpc) is 2.87. The zero-order valence-electron chi connectivity index (χ0n) is 19.1. The van der Waals surface area contributed by atoms with Crippen molar-refractivity contribution in [3.05, 3.63) is 94.0 Å². The number of benzene rings is 3. The monoisotopic (exact) mass is 455 g/mol. The van der Waals surface area contributed by atoms with Gasteiger partial charge in [-0.1, -0.05) is 25.1 Å². The van der Waals surface area contributed by atoms with Crippen LogP contribution in [-0.2, 0) is 0 Å². The first-order chi connectivity index (χ1) is 16.5. The van der Waals surface area contributed by atoms with Crippen molar-refractivity contribution in [2.24, 2.45) is 0 Å². The number of nitrogens with zero attached hydrogens (tertiary/aromatic N) is 2. The Hall–Kier alpha value is -4.13. The lowest BCUT2D eigenvalue weighted by Crippen LogP contribution is -2.28. The van der Waals surface area contributed by atoms with E-state index in [1.165, 1.54) is 0 Å². The fraction of sp³-hybridized carbons (Fsp3) is 0.222.